The Morgan fingerprint density at radius 2 is 2.32 bits per heavy atom. The van der Waals surface area contributed by atoms with Crippen LogP contribution in [0.4, 0.5) is 4.39 Å². The number of amides is 1. The van der Waals surface area contributed by atoms with E-state index in [1.807, 2.05) is 6.07 Å². The van der Waals surface area contributed by atoms with Gasteiger partial charge in [0, 0.05) is 23.9 Å². The molecular formula is C14H13FN2O2. The van der Waals surface area contributed by atoms with Gasteiger partial charge in [-0.3, -0.25) is 4.79 Å². The second-order valence-corrected chi connectivity index (χ2v) is 4.61. The van der Waals surface area contributed by atoms with Gasteiger partial charge in [-0.05, 0) is 31.0 Å². The van der Waals surface area contributed by atoms with Crippen molar-refractivity contribution in [3.8, 4) is 0 Å². The third kappa shape index (κ3) is 2.65. The van der Waals surface area contributed by atoms with Crippen LogP contribution in [-0.2, 0) is 6.54 Å². The second-order valence-electron chi connectivity index (χ2n) is 4.61. The lowest BCUT2D eigenvalue weighted by atomic mass is 10.2. The molecule has 1 aliphatic rings. The number of nitrogens with zero attached hydrogens (tertiary/aromatic N) is 2. The molecule has 0 saturated heterocycles. The highest BCUT2D eigenvalue weighted by Crippen LogP contribution is 2.29. The number of pyridine rings is 1. The van der Waals surface area contributed by atoms with Gasteiger partial charge in [0.25, 0.3) is 5.91 Å². The van der Waals surface area contributed by atoms with Crippen molar-refractivity contribution in [2.75, 3.05) is 0 Å². The van der Waals surface area contributed by atoms with Gasteiger partial charge in [0.1, 0.15) is 5.76 Å². The zero-order valence-electron chi connectivity index (χ0n) is 10.3. The average Bonchev–Trinajstić information content (AvgIpc) is 3.12. The number of hydrogen-bond acceptors (Lipinski definition) is 3. The molecule has 1 aliphatic carbocycles. The van der Waals surface area contributed by atoms with E-state index < -0.39 is 5.95 Å². The van der Waals surface area contributed by atoms with Crippen LogP contribution in [0.2, 0.25) is 0 Å². The summed E-state index contributed by atoms with van der Waals surface area (Å²) in [5, 5.41) is 0. The first-order chi connectivity index (χ1) is 9.24. The number of halogens is 1. The molecule has 0 spiro atoms. The van der Waals surface area contributed by atoms with E-state index in [1.54, 1.807) is 17.2 Å². The smallest absolute Gasteiger partial charge is 0.254 e. The topological polar surface area (TPSA) is 46.3 Å². The maximum Gasteiger partial charge on any atom is 0.254 e. The Morgan fingerprint density at radius 3 is 2.95 bits per heavy atom. The van der Waals surface area contributed by atoms with E-state index in [0.717, 1.165) is 18.6 Å². The number of aromatic nitrogens is 1. The zero-order valence-corrected chi connectivity index (χ0v) is 10.3. The Morgan fingerprint density at radius 1 is 1.47 bits per heavy atom. The third-order valence-corrected chi connectivity index (χ3v) is 3.13. The number of furan rings is 1. The van der Waals surface area contributed by atoms with Crippen LogP contribution in [0.15, 0.2) is 41.1 Å². The number of hydrogen-bond donors (Lipinski definition) is 0. The highest BCUT2D eigenvalue weighted by molar-refractivity contribution is 5.94. The predicted molar refractivity (Wildman–Crippen MR) is 65.8 cm³/mol. The molecule has 4 nitrogen and oxygen atoms in total. The van der Waals surface area contributed by atoms with Crippen LogP contribution < -0.4 is 0 Å². The van der Waals surface area contributed by atoms with Crippen LogP contribution in [0.1, 0.15) is 29.0 Å². The molecule has 2 heterocycles. The van der Waals surface area contributed by atoms with E-state index in [0.29, 0.717) is 12.1 Å². The number of carbonyl (C=O) groups is 1. The molecule has 3 rings (SSSR count). The Kier molecular flexibility index (Phi) is 3.03. The quantitative estimate of drug-likeness (QED) is 0.794. The van der Waals surface area contributed by atoms with Gasteiger partial charge in [-0.25, -0.2) is 4.98 Å². The summed E-state index contributed by atoms with van der Waals surface area (Å²) in [6.45, 7) is 0.417. The summed E-state index contributed by atoms with van der Waals surface area (Å²) in [5.74, 6) is -0.0884. The van der Waals surface area contributed by atoms with Crippen molar-refractivity contribution >= 4 is 5.91 Å². The minimum Gasteiger partial charge on any atom is -0.467 e. The first-order valence-corrected chi connectivity index (χ1v) is 6.19. The van der Waals surface area contributed by atoms with Crippen molar-refractivity contribution in [2.24, 2.45) is 0 Å². The predicted octanol–water partition coefficient (Wildman–Crippen LogP) is 2.62. The van der Waals surface area contributed by atoms with Crippen molar-refractivity contribution in [2.45, 2.75) is 25.4 Å². The minimum atomic E-state index is -0.639. The van der Waals surface area contributed by atoms with Crippen LogP contribution in [0, 0.1) is 5.95 Å². The fourth-order valence-electron chi connectivity index (χ4n) is 2.02. The van der Waals surface area contributed by atoms with Gasteiger partial charge in [-0.1, -0.05) is 0 Å². The molecule has 0 radical (unpaired) electrons. The standard InChI is InChI=1S/C14H13FN2O2/c15-13-8-10(5-6-16-13)14(18)17(11-3-4-11)9-12-2-1-7-19-12/h1-2,5-8,11H,3-4,9H2. The summed E-state index contributed by atoms with van der Waals surface area (Å²) < 4.78 is 18.4. The summed E-state index contributed by atoms with van der Waals surface area (Å²) in [5.41, 5.74) is 0.325. The van der Waals surface area contributed by atoms with E-state index in [1.165, 1.54) is 18.3 Å². The van der Waals surface area contributed by atoms with Gasteiger partial charge in [0.2, 0.25) is 5.95 Å². The second kappa shape index (κ2) is 4.84. The van der Waals surface area contributed by atoms with E-state index in [4.69, 9.17) is 4.42 Å². The van der Waals surface area contributed by atoms with Crippen molar-refractivity contribution in [3.63, 3.8) is 0 Å². The summed E-state index contributed by atoms with van der Waals surface area (Å²) >= 11 is 0. The van der Waals surface area contributed by atoms with E-state index in [-0.39, 0.29) is 11.9 Å². The Labute approximate surface area is 109 Å². The summed E-state index contributed by atoms with van der Waals surface area (Å²) in [4.78, 5) is 17.6. The molecule has 1 saturated carbocycles. The Balaban J connectivity index is 1.82. The van der Waals surface area contributed by atoms with E-state index >= 15 is 0 Å². The van der Waals surface area contributed by atoms with E-state index in [9.17, 15) is 9.18 Å². The maximum atomic E-state index is 13.1. The third-order valence-electron chi connectivity index (χ3n) is 3.13. The maximum absolute atomic E-state index is 13.1. The SMILES string of the molecule is O=C(c1ccnc(F)c1)N(Cc1ccco1)C1CC1. The highest BCUT2D eigenvalue weighted by Gasteiger charge is 2.33. The Hall–Kier alpha value is -2.17. The van der Waals surface area contributed by atoms with Gasteiger partial charge in [0.15, 0.2) is 0 Å². The molecule has 0 bridgehead atoms. The summed E-state index contributed by atoms with van der Waals surface area (Å²) in [6, 6.07) is 6.55. The normalized spacial score (nSPS) is 14.4. The van der Waals surface area contributed by atoms with Gasteiger partial charge >= 0.3 is 0 Å². The van der Waals surface area contributed by atoms with Crippen molar-refractivity contribution in [1.82, 2.24) is 9.88 Å². The molecule has 0 aliphatic heterocycles. The number of rotatable bonds is 4. The highest BCUT2D eigenvalue weighted by atomic mass is 19.1. The average molecular weight is 260 g/mol. The molecule has 1 amide bonds. The van der Waals surface area contributed by atoms with Crippen LogP contribution >= 0.6 is 0 Å². The molecule has 0 aromatic carbocycles. The molecule has 5 heteroatoms. The van der Waals surface area contributed by atoms with Gasteiger partial charge < -0.3 is 9.32 Å². The molecule has 1 fully saturated rings. The zero-order chi connectivity index (χ0) is 13.2. The fraction of sp³-hybridized carbons (Fsp3) is 0.286. The van der Waals surface area contributed by atoms with Crippen LogP contribution in [-0.4, -0.2) is 21.8 Å². The first kappa shape index (κ1) is 11.9. The first-order valence-electron chi connectivity index (χ1n) is 6.19. The lowest BCUT2D eigenvalue weighted by Crippen LogP contribution is -2.32. The van der Waals surface area contributed by atoms with Crippen LogP contribution in [0.3, 0.4) is 0 Å². The molecule has 19 heavy (non-hydrogen) atoms. The fourth-order valence-corrected chi connectivity index (χ4v) is 2.02. The summed E-state index contributed by atoms with van der Waals surface area (Å²) in [6.07, 6.45) is 4.86. The largest absolute Gasteiger partial charge is 0.467 e. The molecule has 98 valence electrons. The van der Waals surface area contributed by atoms with Crippen LogP contribution in [0.5, 0.6) is 0 Å². The van der Waals surface area contributed by atoms with Crippen molar-refractivity contribution in [3.05, 3.63) is 54.0 Å². The van der Waals surface area contributed by atoms with Gasteiger partial charge in [-0.2, -0.15) is 4.39 Å². The monoisotopic (exact) mass is 260 g/mol. The van der Waals surface area contributed by atoms with E-state index in [2.05, 4.69) is 4.98 Å². The minimum absolute atomic E-state index is 0.180. The Bertz CT molecular complexity index is 579. The lowest BCUT2D eigenvalue weighted by Gasteiger charge is -2.21. The molecule has 2 aromatic heterocycles. The molecule has 2 aromatic rings. The molecule has 0 atom stereocenters. The molecule has 0 unspecified atom stereocenters. The van der Waals surface area contributed by atoms with Gasteiger partial charge in [0.05, 0.1) is 12.8 Å². The van der Waals surface area contributed by atoms with Gasteiger partial charge in [-0.15, -0.1) is 0 Å². The van der Waals surface area contributed by atoms with Crippen molar-refractivity contribution in [1.29, 1.82) is 0 Å². The van der Waals surface area contributed by atoms with Crippen molar-refractivity contribution < 1.29 is 13.6 Å². The molecule has 0 N–H and O–H groups in total. The summed E-state index contributed by atoms with van der Waals surface area (Å²) in [7, 11) is 0. The lowest BCUT2D eigenvalue weighted by molar-refractivity contribution is 0.0717. The number of carbonyl (C=O) groups excluding carboxylic acids is 1. The van der Waals surface area contributed by atoms with Crippen LogP contribution in [0.25, 0.3) is 0 Å². The molecular weight excluding hydrogens is 247 g/mol.